The van der Waals surface area contributed by atoms with E-state index in [1.807, 2.05) is 48.5 Å². The predicted molar refractivity (Wildman–Crippen MR) is 95.9 cm³/mol. The second-order valence-corrected chi connectivity index (χ2v) is 5.98. The molecule has 3 aromatic rings. The number of aryl methyl sites for hydroxylation is 1. The van der Waals surface area contributed by atoms with Gasteiger partial charge in [-0.25, -0.2) is 0 Å². The molecule has 0 aliphatic rings. The number of aromatic nitrogens is 2. The van der Waals surface area contributed by atoms with Crippen LogP contribution in [0.5, 0.6) is 0 Å². The Labute approximate surface area is 147 Å². The number of nitrogens with zero attached hydrogens (tertiary/aromatic N) is 2. The summed E-state index contributed by atoms with van der Waals surface area (Å²) in [4.78, 5) is 12.0. The van der Waals surface area contributed by atoms with Crippen molar-refractivity contribution in [1.29, 1.82) is 0 Å². The molecule has 1 aromatic heterocycles. The Kier molecular flexibility index (Phi) is 5.57. The standard InChI is InChI=1S/C20H21N3O2/c1-15(16-8-4-2-5-9-16)14-21-18(24)12-13-19-22-23-20(25-19)17-10-6-3-7-11-17/h2-11,15H,12-14H2,1H3,(H,21,24). The Morgan fingerprint density at radius 1 is 1.04 bits per heavy atom. The first kappa shape index (κ1) is 16.9. The molecule has 0 aliphatic heterocycles. The molecular formula is C20H21N3O2. The van der Waals surface area contributed by atoms with Gasteiger partial charge < -0.3 is 9.73 Å². The van der Waals surface area contributed by atoms with Crippen LogP contribution < -0.4 is 5.32 Å². The highest BCUT2D eigenvalue weighted by atomic mass is 16.4. The molecule has 0 bridgehead atoms. The van der Waals surface area contributed by atoms with Gasteiger partial charge in [0.1, 0.15) is 0 Å². The van der Waals surface area contributed by atoms with Crippen LogP contribution in [0, 0.1) is 0 Å². The summed E-state index contributed by atoms with van der Waals surface area (Å²) in [6, 6.07) is 19.7. The van der Waals surface area contributed by atoms with E-state index in [0.29, 0.717) is 31.2 Å². The average Bonchev–Trinajstić information content (AvgIpc) is 3.15. The normalized spacial score (nSPS) is 11.9. The molecule has 5 heteroatoms. The van der Waals surface area contributed by atoms with E-state index in [-0.39, 0.29) is 11.8 Å². The highest BCUT2D eigenvalue weighted by Crippen LogP contribution is 2.17. The molecule has 0 fully saturated rings. The van der Waals surface area contributed by atoms with Crippen LogP contribution in [-0.2, 0) is 11.2 Å². The smallest absolute Gasteiger partial charge is 0.247 e. The maximum absolute atomic E-state index is 12.0. The summed E-state index contributed by atoms with van der Waals surface area (Å²) in [7, 11) is 0. The van der Waals surface area contributed by atoms with Gasteiger partial charge in [-0.15, -0.1) is 10.2 Å². The van der Waals surface area contributed by atoms with E-state index in [9.17, 15) is 4.79 Å². The third-order valence-corrected chi connectivity index (χ3v) is 4.03. The van der Waals surface area contributed by atoms with Gasteiger partial charge in [-0.1, -0.05) is 55.5 Å². The van der Waals surface area contributed by atoms with E-state index in [1.165, 1.54) is 5.56 Å². The van der Waals surface area contributed by atoms with Crippen LogP contribution in [0.4, 0.5) is 0 Å². The molecular weight excluding hydrogens is 314 g/mol. The summed E-state index contributed by atoms with van der Waals surface area (Å²) in [5.74, 6) is 1.22. The van der Waals surface area contributed by atoms with E-state index < -0.39 is 0 Å². The van der Waals surface area contributed by atoms with E-state index in [1.54, 1.807) is 0 Å². The van der Waals surface area contributed by atoms with Gasteiger partial charge in [-0.3, -0.25) is 4.79 Å². The summed E-state index contributed by atoms with van der Waals surface area (Å²) in [5.41, 5.74) is 2.09. The van der Waals surface area contributed by atoms with Crippen LogP contribution >= 0.6 is 0 Å². The van der Waals surface area contributed by atoms with E-state index in [2.05, 4.69) is 34.6 Å². The Morgan fingerprint density at radius 2 is 1.72 bits per heavy atom. The van der Waals surface area contributed by atoms with Crippen molar-refractivity contribution in [1.82, 2.24) is 15.5 Å². The zero-order chi connectivity index (χ0) is 17.5. The lowest BCUT2D eigenvalue weighted by Crippen LogP contribution is -2.27. The molecule has 128 valence electrons. The van der Waals surface area contributed by atoms with Gasteiger partial charge in [0.05, 0.1) is 0 Å². The summed E-state index contributed by atoms with van der Waals surface area (Å²) in [6.45, 7) is 2.71. The first-order valence-electron chi connectivity index (χ1n) is 8.42. The van der Waals surface area contributed by atoms with Crippen LogP contribution in [0.3, 0.4) is 0 Å². The number of carbonyl (C=O) groups is 1. The largest absolute Gasteiger partial charge is 0.421 e. The van der Waals surface area contributed by atoms with Crippen molar-refractivity contribution in [3.63, 3.8) is 0 Å². The van der Waals surface area contributed by atoms with Crippen molar-refractivity contribution < 1.29 is 9.21 Å². The number of nitrogens with one attached hydrogen (secondary N) is 1. The molecule has 1 unspecified atom stereocenters. The predicted octanol–water partition coefficient (Wildman–Crippen LogP) is 3.59. The molecule has 5 nitrogen and oxygen atoms in total. The number of rotatable bonds is 7. The molecule has 0 saturated heterocycles. The lowest BCUT2D eigenvalue weighted by atomic mass is 10.0. The van der Waals surface area contributed by atoms with E-state index in [0.717, 1.165) is 5.56 Å². The minimum atomic E-state index is -0.0118. The van der Waals surface area contributed by atoms with E-state index >= 15 is 0 Å². The van der Waals surface area contributed by atoms with Gasteiger partial charge in [0.15, 0.2) is 0 Å². The van der Waals surface area contributed by atoms with Gasteiger partial charge in [-0.2, -0.15) is 0 Å². The minimum absolute atomic E-state index is 0.0118. The maximum atomic E-state index is 12.0. The fraction of sp³-hybridized carbons (Fsp3) is 0.250. The highest BCUT2D eigenvalue weighted by molar-refractivity contribution is 5.76. The van der Waals surface area contributed by atoms with E-state index in [4.69, 9.17) is 4.42 Å². The summed E-state index contributed by atoms with van der Waals surface area (Å²) in [5, 5.41) is 11.0. The lowest BCUT2D eigenvalue weighted by Gasteiger charge is -2.12. The van der Waals surface area contributed by atoms with Crippen molar-refractivity contribution in [2.24, 2.45) is 0 Å². The van der Waals surface area contributed by atoms with Gasteiger partial charge in [0, 0.05) is 24.9 Å². The van der Waals surface area contributed by atoms with Crippen LogP contribution in [0.15, 0.2) is 65.1 Å². The van der Waals surface area contributed by atoms with Crippen molar-refractivity contribution in [2.75, 3.05) is 6.54 Å². The van der Waals surface area contributed by atoms with Crippen molar-refractivity contribution >= 4 is 5.91 Å². The molecule has 1 amide bonds. The molecule has 0 saturated carbocycles. The summed E-state index contributed by atoms with van der Waals surface area (Å²) in [6.07, 6.45) is 0.767. The Balaban J connectivity index is 1.46. The fourth-order valence-corrected chi connectivity index (χ4v) is 2.53. The molecule has 0 radical (unpaired) electrons. The molecule has 1 heterocycles. The molecule has 1 atom stereocenters. The summed E-state index contributed by atoms with van der Waals surface area (Å²) < 4.78 is 5.61. The zero-order valence-corrected chi connectivity index (χ0v) is 14.2. The third-order valence-electron chi connectivity index (χ3n) is 4.03. The Bertz CT molecular complexity index is 800. The number of amides is 1. The summed E-state index contributed by atoms with van der Waals surface area (Å²) >= 11 is 0. The Hall–Kier alpha value is -2.95. The topological polar surface area (TPSA) is 68.0 Å². The van der Waals surface area contributed by atoms with Crippen molar-refractivity contribution in [3.05, 3.63) is 72.1 Å². The quantitative estimate of drug-likeness (QED) is 0.716. The van der Waals surface area contributed by atoms with Gasteiger partial charge in [0.25, 0.3) is 0 Å². The van der Waals surface area contributed by atoms with Crippen molar-refractivity contribution in [2.45, 2.75) is 25.7 Å². The third kappa shape index (κ3) is 4.76. The van der Waals surface area contributed by atoms with Crippen LogP contribution in [-0.4, -0.2) is 22.6 Å². The van der Waals surface area contributed by atoms with Crippen LogP contribution in [0.2, 0.25) is 0 Å². The highest BCUT2D eigenvalue weighted by Gasteiger charge is 2.11. The molecule has 25 heavy (non-hydrogen) atoms. The molecule has 0 spiro atoms. The van der Waals surface area contributed by atoms with Crippen LogP contribution in [0.25, 0.3) is 11.5 Å². The number of hydrogen-bond acceptors (Lipinski definition) is 4. The second-order valence-electron chi connectivity index (χ2n) is 5.98. The zero-order valence-electron chi connectivity index (χ0n) is 14.2. The number of benzene rings is 2. The number of carbonyl (C=O) groups excluding carboxylic acids is 1. The second kappa shape index (κ2) is 8.24. The Morgan fingerprint density at radius 3 is 2.44 bits per heavy atom. The molecule has 1 N–H and O–H groups in total. The van der Waals surface area contributed by atoms with Crippen LogP contribution in [0.1, 0.15) is 30.7 Å². The SMILES string of the molecule is CC(CNC(=O)CCc1nnc(-c2ccccc2)o1)c1ccccc1. The molecule has 3 rings (SSSR count). The first-order chi connectivity index (χ1) is 12.2. The van der Waals surface area contributed by atoms with Crippen molar-refractivity contribution in [3.8, 4) is 11.5 Å². The molecule has 0 aliphatic carbocycles. The van der Waals surface area contributed by atoms with Gasteiger partial charge in [0.2, 0.25) is 17.7 Å². The minimum Gasteiger partial charge on any atom is -0.421 e. The van der Waals surface area contributed by atoms with Gasteiger partial charge >= 0.3 is 0 Å². The average molecular weight is 335 g/mol. The maximum Gasteiger partial charge on any atom is 0.247 e. The van der Waals surface area contributed by atoms with Gasteiger partial charge in [-0.05, 0) is 23.6 Å². The fourth-order valence-electron chi connectivity index (χ4n) is 2.53. The molecule has 2 aromatic carbocycles. The monoisotopic (exact) mass is 335 g/mol. The first-order valence-corrected chi connectivity index (χ1v) is 8.42. The lowest BCUT2D eigenvalue weighted by molar-refractivity contribution is -0.121. The number of hydrogen-bond donors (Lipinski definition) is 1.